The van der Waals surface area contributed by atoms with Gasteiger partial charge in [-0.15, -0.1) is 0 Å². The summed E-state index contributed by atoms with van der Waals surface area (Å²) < 4.78 is 32.0. The minimum absolute atomic E-state index is 0.0604. The maximum atomic E-state index is 12.8. The molecule has 1 fully saturated rings. The predicted molar refractivity (Wildman–Crippen MR) is 124 cm³/mol. The standard InChI is InChI=1S/C24H26N4O4S/c1-27(33(30,31)20-6-3-17(14-25)4-7-20)16-24(29)28-11-9-18(10-12-28)22-15-26-23-8-5-19(32-2)13-21(22)23/h3-8,13,15,18,26H,9-12,16H2,1-2H3. The molecule has 0 atom stereocenters. The highest BCUT2D eigenvalue weighted by molar-refractivity contribution is 7.89. The fraction of sp³-hybridized carbons (Fsp3) is 0.333. The number of piperidine rings is 1. The average molecular weight is 467 g/mol. The van der Waals surface area contributed by atoms with Crippen molar-refractivity contribution in [1.82, 2.24) is 14.2 Å². The number of benzene rings is 2. The van der Waals surface area contributed by atoms with Gasteiger partial charge in [-0.05, 0) is 66.8 Å². The Morgan fingerprint density at radius 2 is 1.91 bits per heavy atom. The summed E-state index contributed by atoms with van der Waals surface area (Å²) in [5.41, 5.74) is 2.65. The van der Waals surface area contributed by atoms with Gasteiger partial charge in [-0.25, -0.2) is 8.42 Å². The fourth-order valence-electron chi connectivity index (χ4n) is 4.28. The zero-order valence-corrected chi connectivity index (χ0v) is 19.4. The summed E-state index contributed by atoms with van der Waals surface area (Å²) in [4.78, 5) is 17.9. The number of likely N-dealkylation sites (tertiary alicyclic amines) is 1. The Labute approximate surface area is 193 Å². The number of ether oxygens (including phenoxy) is 1. The molecule has 0 aliphatic carbocycles. The average Bonchev–Trinajstić information content (AvgIpc) is 3.27. The number of nitriles is 1. The summed E-state index contributed by atoms with van der Waals surface area (Å²) in [6, 6.07) is 13.6. The summed E-state index contributed by atoms with van der Waals surface area (Å²) in [6.45, 7) is 0.924. The van der Waals surface area contributed by atoms with E-state index < -0.39 is 10.0 Å². The second kappa shape index (κ2) is 9.25. The van der Waals surface area contributed by atoms with Crippen molar-refractivity contribution in [2.24, 2.45) is 0 Å². The van der Waals surface area contributed by atoms with Crippen LogP contribution in [0.25, 0.3) is 10.9 Å². The first-order valence-electron chi connectivity index (χ1n) is 10.7. The van der Waals surface area contributed by atoms with Crippen LogP contribution in [0.1, 0.15) is 29.9 Å². The van der Waals surface area contributed by atoms with Crippen LogP contribution >= 0.6 is 0 Å². The van der Waals surface area contributed by atoms with E-state index in [0.29, 0.717) is 24.6 Å². The lowest BCUT2D eigenvalue weighted by atomic mass is 9.89. The molecule has 1 N–H and O–H groups in total. The number of likely N-dealkylation sites (N-methyl/N-ethyl adjacent to an activating group) is 1. The highest BCUT2D eigenvalue weighted by atomic mass is 32.2. The van der Waals surface area contributed by atoms with Gasteiger partial charge < -0.3 is 14.6 Å². The van der Waals surface area contributed by atoms with Crippen molar-refractivity contribution in [1.29, 1.82) is 5.26 Å². The molecule has 3 aromatic rings. The van der Waals surface area contributed by atoms with Gasteiger partial charge in [0, 0.05) is 37.2 Å². The summed E-state index contributed by atoms with van der Waals surface area (Å²) in [7, 11) is -0.765. The molecule has 4 rings (SSSR count). The second-order valence-corrected chi connectivity index (χ2v) is 10.3. The smallest absolute Gasteiger partial charge is 0.243 e. The van der Waals surface area contributed by atoms with Crippen LogP contribution < -0.4 is 4.74 Å². The Kier molecular flexibility index (Phi) is 6.40. The van der Waals surface area contributed by atoms with E-state index >= 15 is 0 Å². The first-order valence-corrected chi connectivity index (χ1v) is 12.2. The zero-order valence-electron chi connectivity index (χ0n) is 18.6. The number of H-pyrrole nitrogens is 1. The highest BCUT2D eigenvalue weighted by Crippen LogP contribution is 2.34. The van der Waals surface area contributed by atoms with Gasteiger partial charge in [0.05, 0.1) is 30.2 Å². The van der Waals surface area contributed by atoms with Gasteiger partial charge in [-0.3, -0.25) is 4.79 Å². The van der Waals surface area contributed by atoms with Crippen LogP contribution in [0.2, 0.25) is 0 Å². The third-order valence-corrected chi connectivity index (χ3v) is 8.08. The van der Waals surface area contributed by atoms with Crippen molar-refractivity contribution in [2.45, 2.75) is 23.7 Å². The molecule has 8 nitrogen and oxygen atoms in total. The van der Waals surface area contributed by atoms with Crippen LogP contribution in [0, 0.1) is 11.3 Å². The molecule has 0 saturated carbocycles. The summed E-state index contributed by atoms with van der Waals surface area (Å²) in [5, 5.41) is 10.0. The minimum atomic E-state index is -3.81. The minimum Gasteiger partial charge on any atom is -0.497 e. The van der Waals surface area contributed by atoms with Crippen LogP contribution in [0.15, 0.2) is 53.6 Å². The maximum absolute atomic E-state index is 12.8. The van der Waals surface area contributed by atoms with Crippen molar-refractivity contribution in [3.05, 3.63) is 59.8 Å². The molecule has 1 aliphatic heterocycles. The Hall–Kier alpha value is -3.35. The molecular weight excluding hydrogens is 440 g/mol. The van der Waals surface area contributed by atoms with Gasteiger partial charge in [0.15, 0.2) is 0 Å². The molecule has 1 saturated heterocycles. The van der Waals surface area contributed by atoms with E-state index in [1.165, 1.54) is 36.9 Å². The van der Waals surface area contributed by atoms with Crippen LogP contribution in [0.5, 0.6) is 5.75 Å². The SMILES string of the molecule is COc1ccc2[nH]cc(C3CCN(C(=O)CN(C)S(=O)(=O)c4ccc(C#N)cc4)CC3)c2c1. The molecule has 2 heterocycles. The van der Waals surface area contributed by atoms with E-state index in [0.717, 1.165) is 33.8 Å². The van der Waals surface area contributed by atoms with Crippen molar-refractivity contribution in [2.75, 3.05) is 33.8 Å². The molecule has 33 heavy (non-hydrogen) atoms. The molecule has 9 heteroatoms. The number of carbonyl (C=O) groups is 1. The molecule has 0 radical (unpaired) electrons. The Bertz CT molecular complexity index is 1300. The highest BCUT2D eigenvalue weighted by Gasteiger charge is 2.29. The number of carbonyl (C=O) groups excluding carboxylic acids is 1. The number of aromatic nitrogens is 1. The molecule has 0 unspecified atom stereocenters. The summed E-state index contributed by atoms with van der Waals surface area (Å²) >= 11 is 0. The molecule has 1 aromatic heterocycles. The van der Waals surface area contributed by atoms with Crippen LogP contribution in [-0.4, -0.2) is 62.3 Å². The lowest BCUT2D eigenvalue weighted by Crippen LogP contribution is -2.44. The third-order valence-electron chi connectivity index (χ3n) is 6.26. The fourth-order valence-corrected chi connectivity index (χ4v) is 5.40. The van der Waals surface area contributed by atoms with Crippen molar-refractivity contribution in [3.63, 3.8) is 0 Å². The Balaban J connectivity index is 1.39. The summed E-state index contributed by atoms with van der Waals surface area (Å²) in [6.07, 6.45) is 3.65. The molecule has 172 valence electrons. The zero-order chi connectivity index (χ0) is 23.6. The van der Waals surface area contributed by atoms with Gasteiger partial charge >= 0.3 is 0 Å². The maximum Gasteiger partial charge on any atom is 0.243 e. The number of hydrogen-bond acceptors (Lipinski definition) is 5. The molecule has 2 aromatic carbocycles. The van der Waals surface area contributed by atoms with E-state index in [2.05, 4.69) is 4.98 Å². The number of sulfonamides is 1. The third kappa shape index (κ3) is 4.58. The number of aromatic amines is 1. The number of nitrogens with one attached hydrogen (secondary N) is 1. The largest absolute Gasteiger partial charge is 0.497 e. The number of nitrogens with zero attached hydrogens (tertiary/aromatic N) is 3. The Morgan fingerprint density at radius 3 is 2.55 bits per heavy atom. The number of hydrogen-bond donors (Lipinski definition) is 1. The quantitative estimate of drug-likeness (QED) is 0.601. The van der Waals surface area contributed by atoms with E-state index in [1.807, 2.05) is 30.5 Å². The topological polar surface area (TPSA) is 106 Å². The molecule has 1 aliphatic rings. The lowest BCUT2D eigenvalue weighted by molar-refractivity contribution is -0.132. The molecule has 1 amide bonds. The second-order valence-electron chi connectivity index (χ2n) is 8.21. The first-order chi connectivity index (χ1) is 15.8. The number of methoxy groups -OCH3 is 1. The van der Waals surface area contributed by atoms with Crippen molar-refractivity contribution < 1.29 is 17.9 Å². The van der Waals surface area contributed by atoms with Crippen LogP contribution in [0.3, 0.4) is 0 Å². The number of rotatable bonds is 6. The van der Waals surface area contributed by atoms with E-state index in [9.17, 15) is 13.2 Å². The predicted octanol–water partition coefficient (Wildman–Crippen LogP) is 3.07. The van der Waals surface area contributed by atoms with Crippen molar-refractivity contribution in [3.8, 4) is 11.8 Å². The van der Waals surface area contributed by atoms with Gasteiger partial charge in [-0.1, -0.05) is 0 Å². The van der Waals surface area contributed by atoms with E-state index in [1.54, 1.807) is 12.0 Å². The molecular formula is C24H26N4O4S. The molecule has 0 bridgehead atoms. The normalized spacial score (nSPS) is 15.0. The monoisotopic (exact) mass is 466 g/mol. The Morgan fingerprint density at radius 1 is 1.21 bits per heavy atom. The van der Waals surface area contributed by atoms with Gasteiger partial charge in [-0.2, -0.15) is 9.57 Å². The summed E-state index contributed by atoms with van der Waals surface area (Å²) in [5.74, 6) is 0.909. The van der Waals surface area contributed by atoms with Gasteiger partial charge in [0.1, 0.15) is 5.75 Å². The van der Waals surface area contributed by atoms with Crippen LogP contribution in [-0.2, 0) is 14.8 Å². The number of fused-ring (bicyclic) bond motifs is 1. The van der Waals surface area contributed by atoms with Gasteiger partial charge in [0.25, 0.3) is 0 Å². The molecule has 0 spiro atoms. The first kappa shape index (κ1) is 22.8. The van der Waals surface area contributed by atoms with Crippen molar-refractivity contribution >= 4 is 26.8 Å². The van der Waals surface area contributed by atoms with E-state index in [4.69, 9.17) is 10.00 Å². The van der Waals surface area contributed by atoms with Gasteiger partial charge in [0.2, 0.25) is 15.9 Å². The van der Waals surface area contributed by atoms with E-state index in [-0.39, 0.29) is 17.3 Å². The van der Waals surface area contributed by atoms with Crippen LogP contribution in [0.4, 0.5) is 0 Å². The number of amides is 1. The lowest BCUT2D eigenvalue weighted by Gasteiger charge is -2.33.